The Kier molecular flexibility index (Phi) is 5.85. The Labute approximate surface area is 176 Å². The molecule has 4 rings (SSSR count). The van der Waals surface area contributed by atoms with Crippen molar-refractivity contribution in [3.63, 3.8) is 0 Å². The van der Waals surface area contributed by atoms with E-state index in [1.54, 1.807) is 0 Å². The van der Waals surface area contributed by atoms with Crippen LogP contribution in [0, 0.1) is 4.77 Å². The van der Waals surface area contributed by atoms with Crippen LogP contribution in [0.1, 0.15) is 30.7 Å². The van der Waals surface area contributed by atoms with Crippen LogP contribution >= 0.6 is 23.8 Å². The lowest BCUT2D eigenvalue weighted by Crippen LogP contribution is -2.47. The quantitative estimate of drug-likeness (QED) is 0.667. The molecule has 2 aromatic rings. The number of anilines is 1. The molecule has 0 N–H and O–H groups in total. The molecule has 0 atom stereocenters. The molecule has 0 aromatic carbocycles. The van der Waals surface area contributed by atoms with Gasteiger partial charge in [0.25, 0.3) is 0 Å². The molecule has 0 radical (unpaired) electrons. The predicted octanol–water partition coefficient (Wildman–Crippen LogP) is 3.99. The molecule has 29 heavy (non-hydrogen) atoms. The second-order valence-corrected chi connectivity index (χ2v) is 8.21. The zero-order valence-electron chi connectivity index (χ0n) is 15.8. The Morgan fingerprint density at radius 3 is 2.52 bits per heavy atom. The van der Waals surface area contributed by atoms with Crippen LogP contribution in [0.5, 0.6) is 0 Å². The van der Waals surface area contributed by atoms with Crippen LogP contribution < -0.4 is 4.90 Å². The maximum Gasteiger partial charge on any atom is 0.417 e. The summed E-state index contributed by atoms with van der Waals surface area (Å²) in [6.07, 6.45) is 0.835. The van der Waals surface area contributed by atoms with Gasteiger partial charge < -0.3 is 9.47 Å². The minimum atomic E-state index is -4.45. The first-order valence-corrected chi connectivity index (χ1v) is 10.5. The van der Waals surface area contributed by atoms with Crippen LogP contribution in [-0.4, -0.2) is 50.4 Å². The first-order valence-electron chi connectivity index (χ1n) is 9.69. The fraction of sp³-hybridized carbons (Fsp3) is 0.611. The van der Waals surface area contributed by atoms with Gasteiger partial charge in [-0.05, 0) is 31.1 Å². The van der Waals surface area contributed by atoms with E-state index < -0.39 is 11.7 Å². The number of alkyl halides is 3. The van der Waals surface area contributed by atoms with Crippen molar-refractivity contribution in [2.75, 3.05) is 31.1 Å². The normalized spacial score (nSPS) is 18.6. The van der Waals surface area contributed by atoms with E-state index in [1.165, 1.54) is 6.42 Å². The number of halogens is 4. The van der Waals surface area contributed by atoms with Crippen molar-refractivity contribution in [3.8, 4) is 0 Å². The molecule has 0 unspecified atom stereocenters. The first-order chi connectivity index (χ1) is 13.8. The molecule has 0 saturated carbocycles. The predicted molar refractivity (Wildman–Crippen MR) is 107 cm³/mol. The third-order valence-corrected chi connectivity index (χ3v) is 6.15. The molecule has 1 fully saturated rings. The Bertz CT molecular complexity index is 933. The second-order valence-electron chi connectivity index (χ2n) is 7.43. The highest BCUT2D eigenvalue weighted by Gasteiger charge is 2.32. The van der Waals surface area contributed by atoms with Crippen LogP contribution in [0.3, 0.4) is 0 Å². The van der Waals surface area contributed by atoms with E-state index >= 15 is 0 Å². The smallest absolute Gasteiger partial charge is 0.353 e. The van der Waals surface area contributed by atoms with Crippen molar-refractivity contribution < 1.29 is 13.2 Å². The number of hydrogen-bond donors (Lipinski definition) is 0. The van der Waals surface area contributed by atoms with Gasteiger partial charge >= 0.3 is 6.18 Å². The van der Waals surface area contributed by atoms with E-state index in [0.717, 1.165) is 61.8 Å². The molecular weight excluding hydrogens is 425 g/mol. The summed E-state index contributed by atoms with van der Waals surface area (Å²) >= 11 is 11.7. The number of aryl methyl sites for hydroxylation is 1. The van der Waals surface area contributed by atoms with Crippen LogP contribution in [0.4, 0.5) is 19.0 Å². The number of hydrogen-bond acceptors (Lipinski definition) is 5. The lowest BCUT2D eigenvalue weighted by molar-refractivity contribution is -0.137. The van der Waals surface area contributed by atoms with E-state index in [1.807, 2.05) is 9.58 Å². The lowest BCUT2D eigenvalue weighted by atomic mass is 10.2. The number of piperazine rings is 1. The Morgan fingerprint density at radius 1 is 1.07 bits per heavy atom. The summed E-state index contributed by atoms with van der Waals surface area (Å²) in [6, 6.07) is 0.938. The summed E-state index contributed by atoms with van der Waals surface area (Å²) in [4.78, 5) is 8.11. The van der Waals surface area contributed by atoms with Gasteiger partial charge in [-0.1, -0.05) is 18.0 Å². The highest BCUT2D eigenvalue weighted by atomic mass is 35.5. The third kappa shape index (κ3) is 4.44. The number of rotatable bonds is 3. The maximum atomic E-state index is 12.8. The summed E-state index contributed by atoms with van der Waals surface area (Å²) in [5, 5.41) is 4.73. The van der Waals surface area contributed by atoms with Gasteiger partial charge in [0.15, 0.2) is 4.77 Å². The minimum Gasteiger partial charge on any atom is -0.353 e. The number of aromatic nitrogens is 4. The standard InChI is InChI=1S/C18H22ClF3N6S/c19-14-10-13(18(20,21)22)11-23-16(14)26-8-6-25(7-9-26)12-28-17(29)27-5-3-1-2-4-15(27)24-28/h10-11H,1-9,12H2. The van der Waals surface area contributed by atoms with Crippen molar-refractivity contribution in [1.29, 1.82) is 0 Å². The van der Waals surface area contributed by atoms with Gasteiger partial charge in [0.1, 0.15) is 11.6 Å². The Balaban J connectivity index is 1.40. The molecule has 0 bridgehead atoms. The van der Waals surface area contributed by atoms with E-state index in [9.17, 15) is 13.2 Å². The van der Waals surface area contributed by atoms with Crippen LogP contribution in [0.25, 0.3) is 0 Å². The first kappa shape index (κ1) is 20.6. The van der Waals surface area contributed by atoms with E-state index in [2.05, 4.69) is 14.5 Å². The summed E-state index contributed by atoms with van der Waals surface area (Å²) in [7, 11) is 0. The number of nitrogens with zero attached hydrogens (tertiary/aromatic N) is 6. The van der Waals surface area contributed by atoms with Crippen molar-refractivity contribution in [2.45, 2.75) is 45.1 Å². The molecule has 0 spiro atoms. The topological polar surface area (TPSA) is 42.1 Å². The SMILES string of the molecule is FC(F)(F)c1cnc(N2CCN(Cn3nc4n(c3=S)CCCCC4)CC2)c(Cl)c1. The van der Waals surface area contributed by atoms with Crippen LogP contribution in [-0.2, 0) is 25.8 Å². The van der Waals surface area contributed by atoms with Crippen molar-refractivity contribution in [1.82, 2.24) is 24.2 Å². The maximum absolute atomic E-state index is 12.8. The summed E-state index contributed by atoms with van der Waals surface area (Å²) < 4.78 is 43.2. The largest absolute Gasteiger partial charge is 0.417 e. The van der Waals surface area contributed by atoms with Crippen molar-refractivity contribution in [2.24, 2.45) is 0 Å². The molecule has 4 heterocycles. The van der Waals surface area contributed by atoms with Crippen LogP contribution in [0.2, 0.25) is 5.02 Å². The fourth-order valence-corrected chi connectivity index (χ4v) is 4.41. The molecular formula is C18H22ClF3N6S. The average Bonchev–Trinajstić information content (AvgIpc) is 2.84. The Hall–Kier alpha value is -1.65. The molecule has 6 nitrogen and oxygen atoms in total. The molecule has 2 aliphatic rings. The average molecular weight is 447 g/mol. The summed E-state index contributed by atoms with van der Waals surface area (Å²) in [6.45, 7) is 4.24. The lowest BCUT2D eigenvalue weighted by Gasteiger charge is -2.35. The van der Waals surface area contributed by atoms with Gasteiger partial charge in [0, 0.05) is 45.3 Å². The van der Waals surface area contributed by atoms with E-state index in [0.29, 0.717) is 25.6 Å². The molecule has 0 aliphatic carbocycles. The van der Waals surface area contributed by atoms with Gasteiger partial charge in [0.05, 0.1) is 17.3 Å². The molecule has 1 saturated heterocycles. The summed E-state index contributed by atoms with van der Waals surface area (Å²) in [5.74, 6) is 1.46. The number of pyridine rings is 1. The molecule has 11 heteroatoms. The molecule has 2 aliphatic heterocycles. The van der Waals surface area contributed by atoms with Gasteiger partial charge in [-0.2, -0.15) is 18.3 Å². The van der Waals surface area contributed by atoms with Gasteiger partial charge in [-0.3, -0.25) is 4.90 Å². The van der Waals surface area contributed by atoms with E-state index in [-0.39, 0.29) is 5.02 Å². The molecule has 2 aromatic heterocycles. The second kappa shape index (κ2) is 8.23. The molecule has 0 amide bonds. The minimum absolute atomic E-state index is 0.0216. The number of fused-ring (bicyclic) bond motifs is 1. The van der Waals surface area contributed by atoms with Gasteiger partial charge in [-0.25, -0.2) is 9.67 Å². The highest BCUT2D eigenvalue weighted by Crippen LogP contribution is 2.33. The third-order valence-electron chi connectivity index (χ3n) is 5.44. The van der Waals surface area contributed by atoms with E-state index in [4.69, 9.17) is 28.9 Å². The zero-order chi connectivity index (χ0) is 20.6. The van der Waals surface area contributed by atoms with Crippen molar-refractivity contribution >= 4 is 29.6 Å². The van der Waals surface area contributed by atoms with Gasteiger partial charge in [-0.15, -0.1) is 0 Å². The fourth-order valence-electron chi connectivity index (χ4n) is 3.83. The van der Waals surface area contributed by atoms with Crippen LogP contribution in [0.15, 0.2) is 12.3 Å². The Morgan fingerprint density at radius 2 is 1.83 bits per heavy atom. The monoisotopic (exact) mass is 446 g/mol. The van der Waals surface area contributed by atoms with Gasteiger partial charge in [0.2, 0.25) is 0 Å². The highest BCUT2D eigenvalue weighted by molar-refractivity contribution is 7.71. The molecule has 158 valence electrons. The zero-order valence-corrected chi connectivity index (χ0v) is 17.4. The summed E-state index contributed by atoms with van der Waals surface area (Å²) in [5.41, 5.74) is -0.834. The van der Waals surface area contributed by atoms with Crippen molar-refractivity contribution in [3.05, 3.63) is 33.4 Å².